The van der Waals surface area contributed by atoms with Crippen LogP contribution in [0.25, 0.3) is 21.7 Å². The van der Waals surface area contributed by atoms with Crippen molar-refractivity contribution in [1.29, 1.82) is 0 Å². The van der Waals surface area contributed by atoms with Gasteiger partial charge < -0.3 is 24.1 Å². The van der Waals surface area contributed by atoms with E-state index in [1.165, 1.54) is 49.4 Å². The second-order valence-corrected chi connectivity index (χ2v) is 9.27. The summed E-state index contributed by atoms with van der Waals surface area (Å²) in [5.41, 5.74) is 1.36. The molecule has 0 unspecified atom stereocenters. The first-order valence-electron chi connectivity index (χ1n) is 12.8. The van der Waals surface area contributed by atoms with Crippen LogP contribution in [0.3, 0.4) is 0 Å². The molecule has 0 saturated carbocycles. The summed E-state index contributed by atoms with van der Waals surface area (Å²) in [5.74, 6) is 0.253. The molecule has 42 heavy (non-hydrogen) atoms. The Morgan fingerprint density at radius 1 is 0.857 bits per heavy atom. The van der Waals surface area contributed by atoms with Crippen molar-refractivity contribution in [2.75, 3.05) is 19.5 Å². The number of fused-ring (bicyclic) bond motifs is 2. The van der Waals surface area contributed by atoms with Gasteiger partial charge in [0.1, 0.15) is 18.0 Å². The second kappa shape index (κ2) is 11.1. The monoisotopic (exact) mass is 567 g/mol. The molecule has 0 amide bonds. The Balaban J connectivity index is 1.29. The number of anilines is 2. The number of hydrogen-bond acceptors (Lipinski definition) is 8. The minimum absolute atomic E-state index is 0.0668. The van der Waals surface area contributed by atoms with Gasteiger partial charge in [0.25, 0.3) is 5.56 Å². The van der Waals surface area contributed by atoms with E-state index in [1.807, 2.05) is 0 Å². The average Bonchev–Trinajstić information content (AvgIpc) is 3.00. The number of ether oxygens (including phenoxy) is 3. The summed E-state index contributed by atoms with van der Waals surface area (Å²) >= 11 is 0. The predicted molar refractivity (Wildman–Crippen MR) is 154 cm³/mol. The molecule has 6 rings (SSSR count). The zero-order chi connectivity index (χ0) is 29.2. The molecule has 6 aromatic rings. The van der Waals surface area contributed by atoms with Crippen LogP contribution < -0.4 is 25.1 Å². The van der Waals surface area contributed by atoms with Crippen LogP contribution >= 0.6 is 0 Å². The number of hydrogen-bond donors (Lipinski definition) is 1. The van der Waals surface area contributed by atoms with E-state index in [0.717, 1.165) is 5.56 Å². The molecule has 0 saturated heterocycles. The number of methoxy groups -OCH3 is 2. The van der Waals surface area contributed by atoms with Crippen molar-refractivity contribution in [2.24, 2.45) is 0 Å². The van der Waals surface area contributed by atoms with E-state index in [9.17, 15) is 9.18 Å². The van der Waals surface area contributed by atoms with Crippen LogP contribution in [0, 0.1) is 11.6 Å². The van der Waals surface area contributed by atoms with Crippen molar-refractivity contribution in [2.45, 2.75) is 6.54 Å². The number of aromatic nitrogens is 4. The lowest BCUT2D eigenvalue weighted by molar-refractivity contribution is 0.355. The fraction of sp³-hybridized carbons (Fsp3) is 0.0968. The summed E-state index contributed by atoms with van der Waals surface area (Å²) in [6, 6.07) is 17.1. The molecule has 0 bridgehead atoms. The molecule has 0 aliphatic carbocycles. The molecule has 210 valence electrons. The van der Waals surface area contributed by atoms with Gasteiger partial charge in [0.05, 0.1) is 37.1 Å². The topological polar surface area (TPSA) is 100 Å². The molecular weight excluding hydrogens is 544 g/mol. The first kappa shape index (κ1) is 26.6. The molecule has 9 nitrogen and oxygen atoms in total. The standard InChI is InChI=1S/C31H23F2N5O4/c1-40-26-14-22-24(15-27(26)41-2)35-17-36-30(22)42-25-8-7-21(13-23(25)33)37-29-28-19(9-11-34-29)10-12-38(31(28)39)16-18-3-5-20(32)6-4-18/h3-15,17H,16H2,1-2H3,(H,34,37). The Labute approximate surface area is 238 Å². The van der Waals surface area contributed by atoms with Crippen LogP contribution in [0.15, 0.2) is 90.2 Å². The van der Waals surface area contributed by atoms with Gasteiger partial charge in [-0.25, -0.2) is 23.7 Å². The van der Waals surface area contributed by atoms with Crippen molar-refractivity contribution >= 4 is 33.2 Å². The first-order chi connectivity index (χ1) is 20.4. The van der Waals surface area contributed by atoms with Gasteiger partial charge in [-0.3, -0.25) is 4.79 Å². The van der Waals surface area contributed by atoms with Crippen molar-refractivity contribution in [1.82, 2.24) is 19.5 Å². The number of benzene rings is 3. The SMILES string of the molecule is COc1cc2ncnc(Oc3ccc(Nc4nccc5ccn(Cc6ccc(F)cc6)c(=O)c45)cc3F)c2cc1OC. The lowest BCUT2D eigenvalue weighted by Crippen LogP contribution is -2.21. The molecule has 1 N–H and O–H groups in total. The lowest BCUT2D eigenvalue weighted by Gasteiger charge is -2.13. The van der Waals surface area contributed by atoms with Gasteiger partial charge in [-0.1, -0.05) is 12.1 Å². The van der Waals surface area contributed by atoms with Crippen LogP contribution in [0.1, 0.15) is 5.56 Å². The number of nitrogens with one attached hydrogen (secondary N) is 1. The molecule has 3 aromatic carbocycles. The Kier molecular flexibility index (Phi) is 7.05. The van der Waals surface area contributed by atoms with E-state index in [0.29, 0.717) is 38.9 Å². The highest BCUT2D eigenvalue weighted by atomic mass is 19.1. The third-order valence-corrected chi connectivity index (χ3v) is 6.66. The molecule has 0 aliphatic rings. The summed E-state index contributed by atoms with van der Waals surface area (Å²) < 4.78 is 46.6. The van der Waals surface area contributed by atoms with Gasteiger partial charge in [-0.2, -0.15) is 0 Å². The summed E-state index contributed by atoms with van der Waals surface area (Å²) in [6.45, 7) is 0.250. The number of rotatable bonds is 8. The van der Waals surface area contributed by atoms with E-state index in [2.05, 4.69) is 20.3 Å². The maximum Gasteiger partial charge on any atom is 0.262 e. The smallest absolute Gasteiger partial charge is 0.262 e. The van der Waals surface area contributed by atoms with Crippen molar-refractivity contribution in [3.63, 3.8) is 0 Å². The molecule has 0 fully saturated rings. The minimum atomic E-state index is -0.666. The van der Waals surface area contributed by atoms with Gasteiger partial charge in [0, 0.05) is 30.2 Å². The normalized spacial score (nSPS) is 11.0. The largest absolute Gasteiger partial charge is 0.493 e. The molecule has 0 radical (unpaired) electrons. The van der Waals surface area contributed by atoms with Gasteiger partial charge >= 0.3 is 0 Å². The van der Waals surface area contributed by atoms with Gasteiger partial charge in [0.15, 0.2) is 23.1 Å². The summed E-state index contributed by atoms with van der Waals surface area (Å²) in [6.07, 6.45) is 4.55. The Morgan fingerprint density at radius 2 is 1.64 bits per heavy atom. The van der Waals surface area contributed by atoms with E-state index in [1.54, 1.807) is 54.9 Å². The van der Waals surface area contributed by atoms with Crippen LogP contribution in [0.5, 0.6) is 23.1 Å². The van der Waals surface area contributed by atoms with Gasteiger partial charge in [-0.05, 0) is 53.4 Å². The van der Waals surface area contributed by atoms with E-state index in [4.69, 9.17) is 14.2 Å². The number of pyridine rings is 2. The summed E-state index contributed by atoms with van der Waals surface area (Å²) in [5, 5.41) is 4.55. The number of halogens is 2. The average molecular weight is 568 g/mol. The van der Waals surface area contributed by atoms with Crippen molar-refractivity contribution < 1.29 is 23.0 Å². The highest BCUT2D eigenvalue weighted by Gasteiger charge is 2.16. The highest BCUT2D eigenvalue weighted by molar-refractivity contribution is 5.92. The predicted octanol–water partition coefficient (Wildman–Crippen LogP) is 6.22. The summed E-state index contributed by atoms with van der Waals surface area (Å²) in [7, 11) is 3.02. The lowest BCUT2D eigenvalue weighted by atomic mass is 10.1. The molecule has 0 atom stereocenters. The third kappa shape index (κ3) is 5.15. The zero-order valence-electron chi connectivity index (χ0n) is 22.5. The Morgan fingerprint density at radius 3 is 2.40 bits per heavy atom. The second-order valence-electron chi connectivity index (χ2n) is 9.27. The molecule has 3 heterocycles. The molecule has 0 aliphatic heterocycles. The van der Waals surface area contributed by atoms with Crippen molar-refractivity contribution in [3.8, 4) is 23.1 Å². The van der Waals surface area contributed by atoms with Crippen LogP contribution in [0.4, 0.5) is 20.3 Å². The van der Waals surface area contributed by atoms with Gasteiger partial charge in [0.2, 0.25) is 5.88 Å². The quantitative estimate of drug-likeness (QED) is 0.231. The van der Waals surface area contributed by atoms with Gasteiger partial charge in [-0.15, -0.1) is 0 Å². The summed E-state index contributed by atoms with van der Waals surface area (Å²) in [4.78, 5) is 26.2. The Hall–Kier alpha value is -5.58. The molecule has 3 aromatic heterocycles. The van der Waals surface area contributed by atoms with Crippen LogP contribution in [0.2, 0.25) is 0 Å². The maximum atomic E-state index is 15.3. The molecular formula is C31H23F2N5O4. The first-order valence-corrected chi connectivity index (χ1v) is 12.8. The Bertz CT molecular complexity index is 2000. The zero-order valence-corrected chi connectivity index (χ0v) is 22.5. The molecule has 11 heteroatoms. The minimum Gasteiger partial charge on any atom is -0.493 e. The maximum absolute atomic E-state index is 15.3. The van der Waals surface area contributed by atoms with Crippen molar-refractivity contribution in [3.05, 3.63) is 113 Å². The van der Waals surface area contributed by atoms with E-state index in [-0.39, 0.29) is 35.4 Å². The van der Waals surface area contributed by atoms with E-state index >= 15 is 4.39 Å². The van der Waals surface area contributed by atoms with E-state index < -0.39 is 5.82 Å². The third-order valence-electron chi connectivity index (χ3n) is 6.66. The fourth-order valence-electron chi connectivity index (χ4n) is 4.57. The molecule has 0 spiro atoms. The van der Waals surface area contributed by atoms with Crippen LogP contribution in [-0.2, 0) is 6.54 Å². The fourth-order valence-corrected chi connectivity index (χ4v) is 4.57. The highest BCUT2D eigenvalue weighted by Crippen LogP contribution is 2.36. The van der Waals surface area contributed by atoms with Crippen LogP contribution in [-0.4, -0.2) is 33.7 Å². The number of nitrogens with zero attached hydrogens (tertiary/aromatic N) is 4.